The Morgan fingerprint density at radius 1 is 1.07 bits per heavy atom. The standard InChI is InChI=1S/C10H23O4P/c1-9(2)8-14-15(11,10(3)4)13-7-6-12-5/h9-10H,6-8H2,1-5H3. The minimum absolute atomic E-state index is 0.117. The van der Waals surface area contributed by atoms with Crippen molar-refractivity contribution in [3.8, 4) is 0 Å². The number of ether oxygens (including phenoxy) is 1. The molecule has 0 aromatic carbocycles. The highest BCUT2D eigenvalue weighted by Gasteiger charge is 2.29. The molecule has 0 aliphatic carbocycles. The normalized spacial score (nSPS) is 15.9. The van der Waals surface area contributed by atoms with E-state index in [9.17, 15) is 4.57 Å². The third-order valence-corrected chi connectivity index (χ3v) is 4.10. The molecule has 1 unspecified atom stereocenters. The Bertz CT molecular complexity index is 204. The SMILES string of the molecule is COCCOP(=O)(OCC(C)C)C(C)C. The summed E-state index contributed by atoms with van der Waals surface area (Å²) in [5.74, 6) is 0.350. The zero-order valence-corrected chi connectivity index (χ0v) is 11.3. The van der Waals surface area contributed by atoms with E-state index in [0.29, 0.717) is 25.7 Å². The zero-order chi connectivity index (χ0) is 11.9. The van der Waals surface area contributed by atoms with Crippen LogP contribution in [0.3, 0.4) is 0 Å². The molecule has 4 nitrogen and oxygen atoms in total. The van der Waals surface area contributed by atoms with Crippen molar-refractivity contribution in [3.63, 3.8) is 0 Å². The van der Waals surface area contributed by atoms with Crippen molar-refractivity contribution in [1.82, 2.24) is 0 Å². The van der Waals surface area contributed by atoms with E-state index < -0.39 is 7.60 Å². The van der Waals surface area contributed by atoms with Gasteiger partial charge in [0.25, 0.3) is 0 Å². The van der Waals surface area contributed by atoms with Crippen LogP contribution < -0.4 is 0 Å². The molecule has 0 N–H and O–H groups in total. The summed E-state index contributed by atoms with van der Waals surface area (Å²) in [6.45, 7) is 8.91. The lowest BCUT2D eigenvalue weighted by Crippen LogP contribution is -2.11. The van der Waals surface area contributed by atoms with Crippen LogP contribution >= 0.6 is 7.60 Å². The largest absolute Gasteiger partial charge is 0.382 e. The lowest BCUT2D eigenvalue weighted by Gasteiger charge is -2.22. The second-order valence-corrected chi connectivity index (χ2v) is 6.78. The molecule has 0 aliphatic heterocycles. The van der Waals surface area contributed by atoms with Crippen molar-refractivity contribution in [3.05, 3.63) is 0 Å². The monoisotopic (exact) mass is 238 g/mol. The summed E-state index contributed by atoms with van der Waals surface area (Å²) in [6.07, 6.45) is 0. The summed E-state index contributed by atoms with van der Waals surface area (Å²) < 4.78 is 27.7. The van der Waals surface area contributed by atoms with Crippen molar-refractivity contribution in [2.45, 2.75) is 33.4 Å². The number of hydrogen-bond donors (Lipinski definition) is 0. The number of rotatable bonds is 8. The van der Waals surface area contributed by atoms with Gasteiger partial charge in [-0.15, -0.1) is 0 Å². The molecule has 92 valence electrons. The van der Waals surface area contributed by atoms with Gasteiger partial charge in [-0.2, -0.15) is 0 Å². The number of hydrogen-bond acceptors (Lipinski definition) is 4. The average molecular weight is 238 g/mol. The quantitative estimate of drug-likeness (QED) is 0.481. The van der Waals surface area contributed by atoms with Gasteiger partial charge in [0.15, 0.2) is 0 Å². The Labute approximate surface area is 92.8 Å². The van der Waals surface area contributed by atoms with E-state index in [4.69, 9.17) is 13.8 Å². The van der Waals surface area contributed by atoms with Crippen LogP contribution in [-0.4, -0.2) is 32.6 Å². The van der Waals surface area contributed by atoms with Gasteiger partial charge in [0.1, 0.15) is 0 Å². The average Bonchev–Trinajstić information content (AvgIpc) is 2.15. The minimum Gasteiger partial charge on any atom is -0.382 e. The van der Waals surface area contributed by atoms with Crippen LogP contribution in [0.15, 0.2) is 0 Å². The van der Waals surface area contributed by atoms with Crippen LogP contribution in [-0.2, 0) is 18.3 Å². The van der Waals surface area contributed by atoms with E-state index in [-0.39, 0.29) is 5.66 Å². The first-order chi connectivity index (χ1) is 6.92. The molecule has 0 aliphatic rings. The predicted octanol–water partition coefficient (Wildman–Crippen LogP) is 2.92. The highest BCUT2D eigenvalue weighted by atomic mass is 31.2. The van der Waals surface area contributed by atoms with Gasteiger partial charge in [-0.05, 0) is 5.92 Å². The lowest BCUT2D eigenvalue weighted by molar-refractivity contribution is 0.121. The topological polar surface area (TPSA) is 44.8 Å². The summed E-state index contributed by atoms with van der Waals surface area (Å²) in [6, 6.07) is 0. The maximum atomic E-state index is 12.2. The summed E-state index contributed by atoms with van der Waals surface area (Å²) >= 11 is 0. The van der Waals surface area contributed by atoms with E-state index >= 15 is 0 Å². The summed E-state index contributed by atoms with van der Waals surface area (Å²) in [5, 5.41) is 0. The summed E-state index contributed by atoms with van der Waals surface area (Å²) in [5.41, 5.74) is -0.117. The molecule has 15 heavy (non-hydrogen) atoms. The van der Waals surface area contributed by atoms with Gasteiger partial charge < -0.3 is 13.8 Å². The van der Waals surface area contributed by atoms with E-state index in [1.165, 1.54) is 0 Å². The van der Waals surface area contributed by atoms with E-state index in [1.807, 2.05) is 27.7 Å². The number of methoxy groups -OCH3 is 1. The Morgan fingerprint density at radius 3 is 2.07 bits per heavy atom. The van der Waals surface area contributed by atoms with Gasteiger partial charge >= 0.3 is 7.60 Å². The third-order valence-electron chi connectivity index (χ3n) is 1.78. The molecule has 1 atom stereocenters. The van der Waals surface area contributed by atoms with E-state index in [1.54, 1.807) is 7.11 Å². The molecule has 0 bridgehead atoms. The molecule has 0 aromatic heterocycles. The first kappa shape index (κ1) is 15.1. The van der Waals surface area contributed by atoms with Gasteiger partial charge in [0.2, 0.25) is 0 Å². The van der Waals surface area contributed by atoms with E-state index in [0.717, 1.165) is 0 Å². The molecular formula is C10H23O4P. The van der Waals surface area contributed by atoms with Gasteiger partial charge in [0, 0.05) is 7.11 Å². The predicted molar refractivity (Wildman–Crippen MR) is 61.4 cm³/mol. The van der Waals surface area contributed by atoms with Crippen LogP contribution in [0.5, 0.6) is 0 Å². The lowest BCUT2D eigenvalue weighted by atomic mass is 10.2. The second-order valence-electron chi connectivity index (χ2n) is 4.15. The molecule has 0 fully saturated rings. The van der Waals surface area contributed by atoms with Crippen LogP contribution in [0.2, 0.25) is 0 Å². The van der Waals surface area contributed by atoms with Gasteiger partial charge in [-0.25, -0.2) is 0 Å². The first-order valence-corrected chi connectivity index (χ1v) is 6.91. The fraction of sp³-hybridized carbons (Fsp3) is 1.00. The zero-order valence-electron chi connectivity index (χ0n) is 10.4. The van der Waals surface area contributed by atoms with Crippen LogP contribution in [0, 0.1) is 5.92 Å². The molecule has 0 radical (unpaired) electrons. The van der Waals surface area contributed by atoms with Crippen molar-refractivity contribution >= 4 is 7.60 Å². The van der Waals surface area contributed by atoms with Crippen LogP contribution in [0.1, 0.15) is 27.7 Å². The van der Waals surface area contributed by atoms with Crippen molar-refractivity contribution in [1.29, 1.82) is 0 Å². The summed E-state index contributed by atoms with van der Waals surface area (Å²) in [4.78, 5) is 0. The minimum atomic E-state index is -2.95. The van der Waals surface area contributed by atoms with Crippen molar-refractivity contribution in [2.24, 2.45) is 5.92 Å². The molecular weight excluding hydrogens is 215 g/mol. The molecule has 0 amide bonds. The Morgan fingerprint density at radius 2 is 1.67 bits per heavy atom. The van der Waals surface area contributed by atoms with Gasteiger partial charge in [0.05, 0.1) is 25.5 Å². The fourth-order valence-electron chi connectivity index (χ4n) is 0.836. The van der Waals surface area contributed by atoms with Crippen LogP contribution in [0.25, 0.3) is 0 Å². The maximum Gasteiger partial charge on any atom is 0.333 e. The van der Waals surface area contributed by atoms with Crippen molar-refractivity contribution < 1.29 is 18.3 Å². The smallest absolute Gasteiger partial charge is 0.333 e. The molecule has 0 rings (SSSR count). The molecule has 0 heterocycles. The van der Waals surface area contributed by atoms with Gasteiger partial charge in [-0.1, -0.05) is 27.7 Å². The highest BCUT2D eigenvalue weighted by Crippen LogP contribution is 2.52. The van der Waals surface area contributed by atoms with Crippen molar-refractivity contribution in [2.75, 3.05) is 26.9 Å². The molecule has 0 saturated carbocycles. The Balaban J connectivity index is 4.14. The maximum absolute atomic E-state index is 12.2. The molecule has 0 aromatic rings. The van der Waals surface area contributed by atoms with Gasteiger partial charge in [-0.3, -0.25) is 4.57 Å². The highest BCUT2D eigenvalue weighted by molar-refractivity contribution is 7.54. The van der Waals surface area contributed by atoms with E-state index in [2.05, 4.69) is 0 Å². The second kappa shape index (κ2) is 7.39. The molecule has 0 saturated heterocycles. The summed E-state index contributed by atoms with van der Waals surface area (Å²) in [7, 11) is -1.37. The fourth-order valence-corrected chi connectivity index (χ4v) is 2.34. The van der Waals surface area contributed by atoms with Crippen LogP contribution in [0.4, 0.5) is 0 Å². The first-order valence-electron chi connectivity index (χ1n) is 5.30. The Kier molecular flexibility index (Phi) is 7.45. The Hall–Kier alpha value is 0.110. The molecule has 0 spiro atoms. The third kappa shape index (κ3) is 6.31. The molecule has 5 heteroatoms.